The molecule has 0 fully saturated rings. The lowest BCUT2D eigenvalue weighted by molar-refractivity contribution is -0.274. The zero-order valence-electron chi connectivity index (χ0n) is 16.1. The van der Waals surface area contributed by atoms with E-state index in [0.717, 1.165) is 23.2 Å². The van der Waals surface area contributed by atoms with E-state index in [0.29, 0.717) is 11.4 Å². The fourth-order valence-electron chi connectivity index (χ4n) is 3.07. The van der Waals surface area contributed by atoms with Gasteiger partial charge in [0.15, 0.2) is 0 Å². The number of ether oxygens (including phenoxy) is 1. The third kappa shape index (κ3) is 5.13. The number of pyridine rings is 1. The zero-order chi connectivity index (χ0) is 21.8. The second-order valence-electron chi connectivity index (χ2n) is 6.66. The van der Waals surface area contributed by atoms with E-state index in [1.807, 2.05) is 42.6 Å². The molecule has 2 aromatic carbocycles. The van der Waals surface area contributed by atoms with Crippen LogP contribution in [0, 0.1) is 0 Å². The number of urea groups is 1. The number of rotatable bonds is 5. The molecule has 4 aromatic rings. The topological polar surface area (TPSA) is 58.9 Å². The smallest absolute Gasteiger partial charge is 0.406 e. The predicted molar refractivity (Wildman–Crippen MR) is 110 cm³/mol. The first-order valence-electron chi connectivity index (χ1n) is 9.29. The number of nitrogens with one attached hydrogen (secondary N) is 1. The Morgan fingerprint density at radius 1 is 1.03 bits per heavy atom. The summed E-state index contributed by atoms with van der Waals surface area (Å²) < 4.78 is 42.6. The molecule has 0 radical (unpaired) electrons. The first-order valence-corrected chi connectivity index (χ1v) is 9.29. The maximum Gasteiger partial charge on any atom is 0.573 e. The molecule has 4 rings (SSSR count). The summed E-state index contributed by atoms with van der Waals surface area (Å²) in [6.45, 7) is 0.285. The molecule has 0 aliphatic carbocycles. The number of hydrogen-bond donors (Lipinski definition) is 1. The van der Waals surface area contributed by atoms with Crippen molar-refractivity contribution in [2.45, 2.75) is 12.9 Å². The quantitative estimate of drug-likeness (QED) is 0.460. The molecule has 158 valence electrons. The lowest BCUT2D eigenvalue weighted by atomic mass is 10.2. The lowest BCUT2D eigenvalue weighted by Gasteiger charge is -2.23. The van der Waals surface area contributed by atoms with E-state index in [-0.39, 0.29) is 12.3 Å². The van der Waals surface area contributed by atoms with Crippen molar-refractivity contribution in [2.75, 3.05) is 10.2 Å². The number of para-hydroxylation sites is 1. The Kier molecular flexibility index (Phi) is 5.48. The number of anilines is 2. The van der Waals surface area contributed by atoms with E-state index in [9.17, 15) is 18.0 Å². The van der Waals surface area contributed by atoms with Crippen molar-refractivity contribution in [3.05, 3.63) is 90.8 Å². The standard InChI is InChI=1S/C22H17F3N4O2/c23-22(24,25)31-20-8-6-17(7-9-20)27-21(30)28(18-4-2-1-3-5-18)15-16-11-13-29-19(14-16)10-12-26-29/h1-14H,15H2,(H,27,30). The number of hydrogen-bond acceptors (Lipinski definition) is 3. The summed E-state index contributed by atoms with van der Waals surface area (Å²) >= 11 is 0. The van der Waals surface area contributed by atoms with Crippen molar-refractivity contribution in [3.8, 4) is 5.75 Å². The molecule has 0 saturated heterocycles. The highest BCUT2D eigenvalue weighted by Gasteiger charge is 2.31. The molecule has 1 N–H and O–H groups in total. The fraction of sp³-hybridized carbons (Fsp3) is 0.0909. The highest BCUT2D eigenvalue weighted by molar-refractivity contribution is 6.01. The average Bonchev–Trinajstić information content (AvgIpc) is 3.21. The SMILES string of the molecule is O=C(Nc1ccc(OC(F)(F)F)cc1)N(Cc1ccn2nccc2c1)c1ccccc1. The van der Waals surface area contributed by atoms with Crippen LogP contribution in [0.5, 0.6) is 5.75 Å². The number of benzene rings is 2. The van der Waals surface area contributed by atoms with Gasteiger partial charge in [0.2, 0.25) is 0 Å². The van der Waals surface area contributed by atoms with Crippen molar-refractivity contribution in [3.63, 3.8) is 0 Å². The Morgan fingerprint density at radius 3 is 2.48 bits per heavy atom. The zero-order valence-corrected chi connectivity index (χ0v) is 16.1. The maximum atomic E-state index is 13.0. The van der Waals surface area contributed by atoms with E-state index in [1.165, 1.54) is 12.1 Å². The van der Waals surface area contributed by atoms with E-state index < -0.39 is 12.4 Å². The summed E-state index contributed by atoms with van der Waals surface area (Å²) in [7, 11) is 0. The van der Waals surface area contributed by atoms with Crippen molar-refractivity contribution in [1.29, 1.82) is 0 Å². The van der Waals surface area contributed by atoms with Gasteiger partial charge < -0.3 is 10.1 Å². The molecule has 6 nitrogen and oxygen atoms in total. The molecule has 0 aliphatic heterocycles. The van der Waals surface area contributed by atoms with Crippen LogP contribution < -0.4 is 15.0 Å². The molecule has 0 unspecified atom stereocenters. The minimum absolute atomic E-state index is 0.285. The molecular weight excluding hydrogens is 409 g/mol. The third-order valence-corrected chi connectivity index (χ3v) is 4.46. The number of amides is 2. The molecular formula is C22H17F3N4O2. The van der Waals surface area contributed by atoms with Crippen LogP contribution in [-0.4, -0.2) is 22.0 Å². The van der Waals surface area contributed by atoms with Gasteiger partial charge in [-0.25, -0.2) is 9.31 Å². The van der Waals surface area contributed by atoms with Gasteiger partial charge in [0, 0.05) is 23.8 Å². The number of aromatic nitrogens is 2. The number of carbonyl (C=O) groups is 1. The van der Waals surface area contributed by atoms with Crippen LogP contribution in [0.1, 0.15) is 5.56 Å². The van der Waals surface area contributed by atoms with Gasteiger partial charge >= 0.3 is 12.4 Å². The van der Waals surface area contributed by atoms with E-state index in [4.69, 9.17) is 0 Å². The van der Waals surface area contributed by atoms with Crippen molar-refractivity contribution in [1.82, 2.24) is 9.61 Å². The van der Waals surface area contributed by atoms with Crippen molar-refractivity contribution < 1.29 is 22.7 Å². The largest absolute Gasteiger partial charge is 0.573 e. The summed E-state index contributed by atoms with van der Waals surface area (Å²) in [6, 6.07) is 19.3. The summed E-state index contributed by atoms with van der Waals surface area (Å²) in [6.07, 6.45) is -1.27. The Bertz CT molecular complexity index is 1170. The van der Waals surface area contributed by atoms with Gasteiger partial charge in [0.1, 0.15) is 5.75 Å². The summed E-state index contributed by atoms with van der Waals surface area (Å²) in [5.74, 6) is -0.362. The fourth-order valence-corrected chi connectivity index (χ4v) is 3.07. The highest BCUT2D eigenvalue weighted by atomic mass is 19.4. The van der Waals surface area contributed by atoms with Crippen LogP contribution in [0.2, 0.25) is 0 Å². The van der Waals surface area contributed by atoms with Crippen LogP contribution in [0.15, 0.2) is 85.2 Å². The Balaban J connectivity index is 1.54. The first-order chi connectivity index (χ1) is 14.9. The first kappa shape index (κ1) is 20.3. The van der Waals surface area contributed by atoms with Gasteiger partial charge in [0.25, 0.3) is 0 Å². The molecule has 9 heteroatoms. The van der Waals surface area contributed by atoms with Crippen molar-refractivity contribution in [2.24, 2.45) is 0 Å². The number of halogens is 3. The molecule has 0 atom stereocenters. The number of alkyl halides is 3. The minimum atomic E-state index is -4.77. The molecule has 31 heavy (non-hydrogen) atoms. The summed E-state index contributed by atoms with van der Waals surface area (Å²) in [5, 5.41) is 6.88. The number of carbonyl (C=O) groups excluding carboxylic acids is 1. The van der Waals surface area contributed by atoms with Gasteiger partial charge in [-0.15, -0.1) is 13.2 Å². The Hall–Kier alpha value is -4.01. The van der Waals surface area contributed by atoms with Crippen LogP contribution in [-0.2, 0) is 6.54 Å². The Labute approximate surface area is 175 Å². The maximum absolute atomic E-state index is 13.0. The Morgan fingerprint density at radius 2 is 1.77 bits per heavy atom. The molecule has 2 heterocycles. The molecule has 2 amide bonds. The average molecular weight is 426 g/mol. The van der Waals surface area contributed by atoms with E-state index >= 15 is 0 Å². The molecule has 2 aromatic heterocycles. The van der Waals surface area contributed by atoms with Gasteiger partial charge in [-0.3, -0.25) is 4.90 Å². The van der Waals surface area contributed by atoms with Crippen LogP contribution >= 0.6 is 0 Å². The van der Waals surface area contributed by atoms with Gasteiger partial charge in [-0.05, 0) is 60.2 Å². The molecule has 0 spiro atoms. The van der Waals surface area contributed by atoms with Gasteiger partial charge in [-0.1, -0.05) is 18.2 Å². The second kappa shape index (κ2) is 8.39. The van der Waals surface area contributed by atoms with Gasteiger partial charge in [-0.2, -0.15) is 5.10 Å². The normalized spacial score (nSPS) is 11.3. The minimum Gasteiger partial charge on any atom is -0.406 e. The molecule has 0 bridgehead atoms. The van der Waals surface area contributed by atoms with Crippen LogP contribution in [0.25, 0.3) is 5.52 Å². The van der Waals surface area contributed by atoms with E-state index in [2.05, 4.69) is 15.2 Å². The predicted octanol–water partition coefficient (Wildman–Crippen LogP) is 5.47. The second-order valence-corrected chi connectivity index (χ2v) is 6.66. The van der Waals surface area contributed by atoms with Gasteiger partial charge in [0.05, 0.1) is 12.1 Å². The summed E-state index contributed by atoms with van der Waals surface area (Å²) in [5.41, 5.74) is 2.80. The number of fused-ring (bicyclic) bond motifs is 1. The third-order valence-electron chi connectivity index (χ3n) is 4.46. The molecule has 0 saturated carbocycles. The van der Waals surface area contributed by atoms with E-state index in [1.54, 1.807) is 27.7 Å². The monoisotopic (exact) mass is 426 g/mol. The highest BCUT2D eigenvalue weighted by Crippen LogP contribution is 2.25. The number of nitrogens with zero attached hydrogens (tertiary/aromatic N) is 3. The van der Waals surface area contributed by atoms with Crippen LogP contribution in [0.3, 0.4) is 0 Å². The van der Waals surface area contributed by atoms with Crippen molar-refractivity contribution >= 4 is 22.9 Å². The lowest BCUT2D eigenvalue weighted by Crippen LogP contribution is -2.34. The summed E-state index contributed by atoms with van der Waals surface area (Å²) in [4.78, 5) is 14.6. The molecule has 0 aliphatic rings. The van der Waals surface area contributed by atoms with Crippen LogP contribution in [0.4, 0.5) is 29.3 Å².